The molecule has 0 spiro atoms. The van der Waals surface area contributed by atoms with Gasteiger partial charge in [-0.2, -0.15) is 0 Å². The second kappa shape index (κ2) is 3.03. The summed E-state index contributed by atoms with van der Waals surface area (Å²) in [4.78, 5) is 0. The monoisotopic (exact) mass is 208 g/mol. The molecule has 0 amide bonds. The maximum Gasteiger partial charge on any atom is 0.000677 e. The van der Waals surface area contributed by atoms with Crippen LogP contribution in [0.5, 0.6) is 0 Å². The van der Waals surface area contributed by atoms with Crippen LogP contribution in [0.25, 0.3) is 0 Å². The zero-order valence-corrected chi connectivity index (χ0v) is 8.47. The Kier molecular flexibility index (Phi) is 3.77. The summed E-state index contributed by atoms with van der Waals surface area (Å²) in [7, 11) is -0.442. The summed E-state index contributed by atoms with van der Waals surface area (Å²) in [5.41, 5.74) is 0. The van der Waals surface area contributed by atoms with Crippen LogP contribution in [-0.2, 0) is 47.3 Å². The maximum atomic E-state index is 4.84. The van der Waals surface area contributed by atoms with Crippen LogP contribution in [0.2, 0.25) is 0 Å². The highest BCUT2D eigenvalue weighted by Crippen LogP contribution is 1.98. The molecule has 0 aromatic carbocycles. The summed E-state index contributed by atoms with van der Waals surface area (Å²) in [5, 5.41) is 0. The topological polar surface area (TPSA) is 0 Å². The van der Waals surface area contributed by atoms with Gasteiger partial charge in [-0.3, -0.25) is 0 Å². The first-order valence-electron chi connectivity index (χ1n) is 1.26. The van der Waals surface area contributed by atoms with Crippen LogP contribution < -0.4 is 0 Å². The molecule has 0 aliphatic carbocycles. The number of rotatable bonds is 1. The summed E-state index contributed by atoms with van der Waals surface area (Å²) in [6, 6.07) is 0. The van der Waals surface area contributed by atoms with E-state index in [1.54, 1.807) is 6.26 Å². The molecule has 0 N–H and O–H groups in total. The second-order valence-corrected chi connectivity index (χ2v) is 15.9. The van der Waals surface area contributed by atoms with E-state index in [4.69, 9.17) is 33.6 Å². The molecule has 6 heteroatoms. The van der Waals surface area contributed by atoms with E-state index >= 15 is 0 Å². The molecule has 0 saturated carbocycles. The Morgan fingerprint density at radius 2 is 1.71 bits per heavy atom. The highest BCUT2D eigenvalue weighted by molar-refractivity contribution is 9.18. The Labute approximate surface area is 64.7 Å². The van der Waals surface area contributed by atoms with E-state index < -0.39 is 13.7 Å². The average Bonchev–Trinajstić information content (AvgIpc) is 1.31. The zero-order valence-electron chi connectivity index (χ0n) is 3.49. The minimum Gasteiger partial charge on any atom is -0.0956 e. The largest absolute Gasteiger partial charge is 0.0956 e. The van der Waals surface area contributed by atoms with E-state index in [2.05, 4.69) is 11.7 Å². The van der Waals surface area contributed by atoms with Gasteiger partial charge < -0.3 is 0 Å². The molecular weight excluding hydrogens is 204 g/mol. The van der Waals surface area contributed by atoms with Gasteiger partial charge in [0.2, 0.25) is 0 Å². The first kappa shape index (κ1) is 8.71. The van der Waals surface area contributed by atoms with E-state index in [9.17, 15) is 0 Å². The van der Waals surface area contributed by atoms with Crippen molar-refractivity contribution in [1.82, 2.24) is 0 Å². The summed E-state index contributed by atoms with van der Waals surface area (Å²) in [5.74, 6) is 0. The molecule has 1 atom stereocenters. The predicted octanol–water partition coefficient (Wildman–Crippen LogP) is 0.534. The fourth-order valence-corrected chi connectivity index (χ4v) is 0. The van der Waals surface area contributed by atoms with E-state index in [0.29, 0.717) is 0 Å². The van der Waals surface area contributed by atoms with Crippen molar-refractivity contribution in [2.45, 2.75) is 0 Å². The molecule has 0 rings (SSSR count). The van der Waals surface area contributed by atoms with Gasteiger partial charge in [0.1, 0.15) is 0 Å². The Bertz CT molecular complexity index is 159. The Hall–Kier alpha value is 1.71. The second-order valence-electron chi connectivity index (χ2n) is 0.921. The van der Waals surface area contributed by atoms with Crippen molar-refractivity contribution in [3.63, 3.8) is 0 Å². The lowest BCUT2D eigenvalue weighted by Gasteiger charge is -1.94. The summed E-state index contributed by atoms with van der Waals surface area (Å²) in [6.07, 6.45) is 0.439. The molecule has 7 heavy (non-hydrogen) atoms. The van der Waals surface area contributed by atoms with Gasteiger partial charge in [-0.15, -0.1) is 0 Å². The summed E-state index contributed by atoms with van der Waals surface area (Å²) >= 11 is 18.4. The SMILES string of the molecule is CS(=S)(=S)S(=S)S. The van der Waals surface area contributed by atoms with E-state index in [1.165, 1.54) is 0 Å². The molecule has 1 unspecified atom stereocenters. The molecule has 0 aromatic rings. The molecule has 0 aliphatic rings. The fourth-order valence-electron chi connectivity index (χ4n) is 0. The number of hydrogen-bond donors (Lipinski definition) is 1. The average molecular weight is 208 g/mol. The molecule has 0 radical (unpaired) electrons. The van der Waals surface area contributed by atoms with E-state index in [0.717, 1.165) is 0 Å². The molecule has 0 saturated heterocycles. The molecule has 0 bridgehead atoms. The summed E-state index contributed by atoms with van der Waals surface area (Å²) in [6.45, 7) is 0. The van der Waals surface area contributed by atoms with Crippen LogP contribution in [-0.4, -0.2) is 6.26 Å². The fraction of sp³-hybridized carbons (Fsp3) is 1.00. The normalized spacial score (nSPS) is 16.3. The van der Waals surface area contributed by atoms with Gasteiger partial charge in [-0.1, -0.05) is 11.7 Å². The maximum absolute atomic E-state index is 4.84. The molecule has 0 fully saturated rings. The van der Waals surface area contributed by atoms with Crippen molar-refractivity contribution in [2.75, 3.05) is 6.26 Å². The van der Waals surface area contributed by atoms with Gasteiger partial charge in [0.25, 0.3) is 0 Å². The number of hydrogen-bond acceptors (Lipinski definition) is 3. The van der Waals surface area contributed by atoms with Crippen LogP contribution in [0.15, 0.2) is 0 Å². The van der Waals surface area contributed by atoms with Gasteiger partial charge in [0.15, 0.2) is 0 Å². The van der Waals surface area contributed by atoms with Gasteiger partial charge in [0, 0.05) is 13.8 Å². The molecular formula is CH4S6. The standard InChI is InChI=1S/CH4S6/c1-7(4,5)6(2)3/h1H3,(H,2,3). The first-order valence-corrected chi connectivity index (χ1v) is 8.87. The van der Waals surface area contributed by atoms with Crippen LogP contribution in [0, 0.1) is 0 Å². The van der Waals surface area contributed by atoms with Crippen LogP contribution in [0.4, 0.5) is 0 Å². The van der Waals surface area contributed by atoms with Gasteiger partial charge in [-0.05, 0) is 39.7 Å². The molecule has 0 nitrogen and oxygen atoms in total. The van der Waals surface area contributed by atoms with Gasteiger partial charge in [0.05, 0.1) is 0 Å². The van der Waals surface area contributed by atoms with E-state index in [1.807, 2.05) is 0 Å². The minimum absolute atomic E-state index is 0.442. The Balaban J connectivity index is 4.43. The van der Waals surface area contributed by atoms with Crippen molar-refractivity contribution in [1.29, 1.82) is 0 Å². The zero-order chi connectivity index (χ0) is 6.08. The van der Waals surface area contributed by atoms with Crippen molar-refractivity contribution >= 4 is 58.9 Å². The van der Waals surface area contributed by atoms with Crippen molar-refractivity contribution in [3.05, 3.63) is 0 Å². The van der Waals surface area contributed by atoms with E-state index in [-0.39, 0.29) is 0 Å². The lowest BCUT2D eigenvalue weighted by Crippen LogP contribution is -1.91. The molecule has 0 aromatic heterocycles. The Morgan fingerprint density at radius 1 is 1.57 bits per heavy atom. The van der Waals surface area contributed by atoms with Crippen molar-refractivity contribution in [3.8, 4) is 0 Å². The smallest absolute Gasteiger partial charge is 0.000677 e. The molecule has 44 valence electrons. The van der Waals surface area contributed by atoms with Crippen molar-refractivity contribution < 1.29 is 0 Å². The highest BCUT2D eigenvalue weighted by Gasteiger charge is 1.90. The lowest BCUT2D eigenvalue weighted by atomic mass is 12.0. The predicted molar refractivity (Wildman–Crippen MR) is 51.7 cm³/mol. The van der Waals surface area contributed by atoms with Gasteiger partial charge >= 0.3 is 0 Å². The van der Waals surface area contributed by atoms with Crippen LogP contribution in [0.1, 0.15) is 0 Å². The third-order valence-corrected chi connectivity index (χ3v) is 13.3. The van der Waals surface area contributed by atoms with Crippen LogP contribution >= 0.6 is 11.7 Å². The lowest BCUT2D eigenvalue weighted by molar-refractivity contribution is 2.53. The van der Waals surface area contributed by atoms with Gasteiger partial charge in [-0.25, -0.2) is 0 Å². The Morgan fingerprint density at radius 3 is 1.71 bits per heavy atom. The van der Waals surface area contributed by atoms with Crippen molar-refractivity contribution in [2.24, 2.45) is 0 Å². The number of thiol groups is 1. The van der Waals surface area contributed by atoms with Crippen LogP contribution in [0.3, 0.4) is 0 Å². The minimum atomic E-state index is -1.37. The first-order chi connectivity index (χ1) is 2.94. The molecule has 0 aliphatic heterocycles. The highest BCUT2D eigenvalue weighted by atomic mass is 33.8. The quantitative estimate of drug-likeness (QED) is 0.494. The third kappa shape index (κ3) is 4.23. The molecule has 0 heterocycles. The summed E-state index contributed by atoms with van der Waals surface area (Å²) < 4.78 is 0. The third-order valence-electron chi connectivity index (χ3n) is 0.259.